The van der Waals surface area contributed by atoms with E-state index in [2.05, 4.69) is 15.3 Å². The molecule has 19 heavy (non-hydrogen) atoms. The molecule has 0 radical (unpaired) electrons. The smallest absolute Gasteiger partial charge is 0.292 e. The molecule has 4 N–H and O–H groups in total. The molecule has 0 amide bonds. The van der Waals surface area contributed by atoms with Gasteiger partial charge in [-0.05, 0) is 18.6 Å². The van der Waals surface area contributed by atoms with Crippen LogP contribution in [0.25, 0.3) is 0 Å². The average molecular weight is 261 g/mol. The summed E-state index contributed by atoms with van der Waals surface area (Å²) in [6.45, 7) is 2.02. The summed E-state index contributed by atoms with van der Waals surface area (Å²) in [4.78, 5) is 17.4. The van der Waals surface area contributed by atoms with Gasteiger partial charge in [0.05, 0.1) is 11.0 Å². The van der Waals surface area contributed by atoms with Gasteiger partial charge in [-0.1, -0.05) is 6.92 Å². The largest absolute Gasteiger partial charge is 0.393 e. The fourth-order valence-corrected chi connectivity index (χ4v) is 1.84. The van der Waals surface area contributed by atoms with E-state index in [1.807, 2.05) is 6.92 Å². The lowest BCUT2D eigenvalue weighted by Crippen LogP contribution is -2.11. The third kappa shape index (κ3) is 2.82. The van der Waals surface area contributed by atoms with Crippen LogP contribution in [0.4, 0.5) is 17.1 Å². The lowest BCUT2D eigenvalue weighted by atomic mass is 10.2. The Morgan fingerprint density at radius 3 is 2.89 bits per heavy atom. The number of nitro groups is 1. The number of hydrogen-bond donors (Lipinski definition) is 3. The van der Waals surface area contributed by atoms with E-state index in [0.29, 0.717) is 0 Å². The summed E-state index contributed by atoms with van der Waals surface area (Å²) >= 11 is 0. The molecule has 0 saturated carbocycles. The number of rotatable bonds is 5. The second-order valence-electron chi connectivity index (χ2n) is 4.11. The van der Waals surface area contributed by atoms with Crippen molar-refractivity contribution in [1.29, 1.82) is 0 Å². The molecule has 2 rings (SSSR count). The van der Waals surface area contributed by atoms with Crippen molar-refractivity contribution in [2.45, 2.75) is 19.4 Å². The van der Waals surface area contributed by atoms with Crippen molar-refractivity contribution in [3.8, 4) is 0 Å². The lowest BCUT2D eigenvalue weighted by molar-refractivity contribution is -0.383. The van der Waals surface area contributed by atoms with Crippen LogP contribution in [-0.2, 0) is 0 Å². The van der Waals surface area contributed by atoms with Crippen LogP contribution in [0.1, 0.15) is 25.2 Å². The van der Waals surface area contributed by atoms with Crippen LogP contribution in [0.3, 0.4) is 0 Å². The predicted molar refractivity (Wildman–Crippen MR) is 72.8 cm³/mol. The van der Waals surface area contributed by atoms with Crippen molar-refractivity contribution in [1.82, 2.24) is 9.97 Å². The van der Waals surface area contributed by atoms with Gasteiger partial charge in [0.2, 0.25) is 0 Å². The number of aromatic nitrogens is 2. The van der Waals surface area contributed by atoms with Crippen molar-refractivity contribution >= 4 is 17.1 Å². The van der Waals surface area contributed by atoms with Gasteiger partial charge in [0, 0.05) is 24.1 Å². The molecule has 0 saturated heterocycles. The van der Waals surface area contributed by atoms with Crippen molar-refractivity contribution in [2.24, 2.45) is 0 Å². The van der Waals surface area contributed by atoms with Gasteiger partial charge in [-0.3, -0.25) is 10.1 Å². The maximum absolute atomic E-state index is 10.7. The van der Waals surface area contributed by atoms with Gasteiger partial charge >= 0.3 is 0 Å². The Hall–Kier alpha value is -2.57. The van der Waals surface area contributed by atoms with E-state index in [1.165, 1.54) is 6.07 Å². The Morgan fingerprint density at radius 2 is 2.37 bits per heavy atom. The van der Waals surface area contributed by atoms with Crippen LogP contribution in [0, 0.1) is 10.1 Å². The van der Waals surface area contributed by atoms with Gasteiger partial charge in [0.1, 0.15) is 11.5 Å². The number of nitro benzene ring substituents is 1. The first kappa shape index (κ1) is 12.9. The Bertz CT molecular complexity index is 568. The normalized spacial score (nSPS) is 12.1. The molecule has 0 spiro atoms. The van der Waals surface area contributed by atoms with E-state index >= 15 is 0 Å². The van der Waals surface area contributed by atoms with E-state index in [0.717, 1.165) is 17.9 Å². The number of hydrogen-bond acceptors (Lipinski definition) is 5. The number of nitrogens with zero attached hydrogens (tertiary/aromatic N) is 2. The number of benzene rings is 1. The van der Waals surface area contributed by atoms with Gasteiger partial charge in [-0.2, -0.15) is 0 Å². The Kier molecular flexibility index (Phi) is 3.65. The average Bonchev–Trinajstić information content (AvgIpc) is 2.89. The molecule has 7 heteroatoms. The minimum atomic E-state index is -0.497. The number of imidazole rings is 1. The van der Waals surface area contributed by atoms with E-state index in [4.69, 9.17) is 5.73 Å². The molecule has 0 aliphatic heterocycles. The van der Waals surface area contributed by atoms with Crippen LogP contribution in [0.5, 0.6) is 0 Å². The Labute approximate surface area is 110 Å². The van der Waals surface area contributed by atoms with Crippen LogP contribution in [0.15, 0.2) is 30.6 Å². The van der Waals surface area contributed by atoms with Gasteiger partial charge in [-0.25, -0.2) is 4.98 Å². The zero-order chi connectivity index (χ0) is 13.8. The fourth-order valence-electron chi connectivity index (χ4n) is 1.84. The lowest BCUT2D eigenvalue weighted by Gasteiger charge is -2.16. The highest BCUT2D eigenvalue weighted by molar-refractivity contribution is 5.66. The van der Waals surface area contributed by atoms with Crippen molar-refractivity contribution < 1.29 is 4.92 Å². The zero-order valence-corrected chi connectivity index (χ0v) is 10.5. The molecule has 1 heterocycles. The molecule has 100 valence electrons. The molecule has 1 atom stereocenters. The highest BCUT2D eigenvalue weighted by Crippen LogP contribution is 2.27. The quantitative estimate of drug-likeness (QED) is 0.435. The molecule has 0 fully saturated rings. The summed E-state index contributed by atoms with van der Waals surface area (Å²) in [6.07, 6.45) is 4.26. The third-order valence-corrected chi connectivity index (χ3v) is 2.82. The maximum atomic E-state index is 10.7. The van der Waals surface area contributed by atoms with E-state index < -0.39 is 4.92 Å². The number of nitrogens with one attached hydrogen (secondary N) is 2. The van der Waals surface area contributed by atoms with Crippen LogP contribution >= 0.6 is 0 Å². The molecule has 1 aromatic heterocycles. The summed E-state index contributed by atoms with van der Waals surface area (Å²) in [7, 11) is 0. The summed E-state index contributed by atoms with van der Waals surface area (Å²) in [5.41, 5.74) is 6.44. The minimum absolute atomic E-state index is 0.0101. The van der Waals surface area contributed by atoms with Crippen molar-refractivity contribution in [3.05, 3.63) is 46.5 Å². The molecule has 0 aliphatic carbocycles. The highest BCUT2D eigenvalue weighted by atomic mass is 16.6. The monoisotopic (exact) mass is 261 g/mol. The van der Waals surface area contributed by atoms with Crippen molar-refractivity contribution in [2.75, 3.05) is 11.1 Å². The van der Waals surface area contributed by atoms with Crippen LogP contribution < -0.4 is 11.1 Å². The molecule has 1 aromatic carbocycles. The Morgan fingerprint density at radius 1 is 1.58 bits per heavy atom. The standard InChI is InChI=1S/C12H15N5O2/c1-2-10(12-14-5-6-15-12)16-8-3-4-11(17(18)19)9(13)7-8/h3-7,10,16H,2,13H2,1H3,(H,14,15). The molecule has 0 bridgehead atoms. The van der Waals surface area contributed by atoms with Crippen LogP contribution in [-0.4, -0.2) is 14.9 Å². The first-order valence-electron chi connectivity index (χ1n) is 5.91. The molecule has 0 aliphatic rings. The zero-order valence-electron chi connectivity index (χ0n) is 10.5. The number of H-pyrrole nitrogens is 1. The third-order valence-electron chi connectivity index (χ3n) is 2.82. The topological polar surface area (TPSA) is 110 Å². The molecular weight excluding hydrogens is 246 g/mol. The highest BCUT2D eigenvalue weighted by Gasteiger charge is 2.14. The van der Waals surface area contributed by atoms with Gasteiger partial charge in [0.25, 0.3) is 5.69 Å². The number of anilines is 2. The van der Waals surface area contributed by atoms with E-state index in [-0.39, 0.29) is 17.4 Å². The fraction of sp³-hybridized carbons (Fsp3) is 0.250. The maximum Gasteiger partial charge on any atom is 0.292 e. The number of nitrogens with two attached hydrogens (primary N) is 1. The molecular formula is C12H15N5O2. The second-order valence-corrected chi connectivity index (χ2v) is 4.11. The molecule has 2 aromatic rings. The summed E-state index contributed by atoms with van der Waals surface area (Å²) in [5, 5.41) is 13.9. The van der Waals surface area contributed by atoms with Crippen LogP contribution in [0.2, 0.25) is 0 Å². The summed E-state index contributed by atoms with van der Waals surface area (Å²) < 4.78 is 0. The van der Waals surface area contributed by atoms with E-state index in [9.17, 15) is 10.1 Å². The molecule has 1 unspecified atom stereocenters. The second kappa shape index (κ2) is 5.38. The van der Waals surface area contributed by atoms with Gasteiger partial charge < -0.3 is 16.0 Å². The first-order valence-corrected chi connectivity index (χ1v) is 5.91. The number of aromatic amines is 1. The van der Waals surface area contributed by atoms with E-state index in [1.54, 1.807) is 24.5 Å². The summed E-state index contributed by atoms with van der Waals surface area (Å²) in [5.74, 6) is 0.819. The SMILES string of the molecule is CCC(Nc1ccc([N+](=O)[O-])c(N)c1)c1ncc[nH]1. The predicted octanol–water partition coefficient (Wildman–Crippen LogP) is 2.46. The van der Waals surface area contributed by atoms with Gasteiger partial charge in [-0.15, -0.1) is 0 Å². The minimum Gasteiger partial charge on any atom is -0.393 e. The summed E-state index contributed by atoms with van der Waals surface area (Å²) in [6, 6.07) is 4.60. The molecule has 7 nitrogen and oxygen atoms in total. The Balaban J connectivity index is 2.19. The number of nitrogen functional groups attached to an aromatic ring is 1. The first-order chi connectivity index (χ1) is 9.11. The van der Waals surface area contributed by atoms with Crippen molar-refractivity contribution in [3.63, 3.8) is 0 Å². The van der Waals surface area contributed by atoms with Gasteiger partial charge in [0.15, 0.2) is 0 Å².